The van der Waals surface area contributed by atoms with Gasteiger partial charge < -0.3 is 19.5 Å². The zero-order chi connectivity index (χ0) is 16.2. The van der Waals surface area contributed by atoms with Gasteiger partial charge in [0.15, 0.2) is 0 Å². The van der Waals surface area contributed by atoms with Gasteiger partial charge in [0.1, 0.15) is 12.4 Å². The van der Waals surface area contributed by atoms with Gasteiger partial charge in [-0.2, -0.15) is 0 Å². The molecule has 1 aliphatic heterocycles. The lowest BCUT2D eigenvalue weighted by molar-refractivity contribution is 0.0588. The number of pyridine rings is 1. The summed E-state index contributed by atoms with van der Waals surface area (Å²) >= 11 is 0. The SMILES string of the molecule is Cc1cc2ccnc(OCC3COCCN3)c2cc1OC(C)C. The molecule has 1 unspecified atom stereocenters. The molecule has 124 valence electrons. The first-order chi connectivity index (χ1) is 11.1. The Morgan fingerprint density at radius 2 is 2.26 bits per heavy atom. The predicted molar refractivity (Wildman–Crippen MR) is 90.3 cm³/mol. The van der Waals surface area contributed by atoms with Gasteiger partial charge in [-0.3, -0.25) is 0 Å². The van der Waals surface area contributed by atoms with E-state index in [1.54, 1.807) is 6.20 Å². The second kappa shape index (κ2) is 7.15. The lowest BCUT2D eigenvalue weighted by atomic mass is 10.1. The summed E-state index contributed by atoms with van der Waals surface area (Å²) in [4.78, 5) is 4.39. The van der Waals surface area contributed by atoms with Crippen molar-refractivity contribution in [2.75, 3.05) is 26.4 Å². The predicted octanol–water partition coefficient (Wildman–Crippen LogP) is 2.70. The molecule has 3 rings (SSSR count). The van der Waals surface area contributed by atoms with E-state index in [0.717, 1.165) is 35.2 Å². The summed E-state index contributed by atoms with van der Waals surface area (Å²) in [5.74, 6) is 1.52. The number of rotatable bonds is 5. The second-order valence-electron chi connectivity index (χ2n) is 6.16. The first-order valence-corrected chi connectivity index (χ1v) is 8.13. The maximum Gasteiger partial charge on any atom is 0.221 e. The van der Waals surface area contributed by atoms with Crippen LogP contribution in [0.15, 0.2) is 24.4 Å². The van der Waals surface area contributed by atoms with E-state index in [4.69, 9.17) is 14.2 Å². The summed E-state index contributed by atoms with van der Waals surface area (Å²) in [5.41, 5.74) is 1.12. The number of aromatic nitrogens is 1. The van der Waals surface area contributed by atoms with E-state index in [9.17, 15) is 0 Å². The first-order valence-electron chi connectivity index (χ1n) is 8.13. The van der Waals surface area contributed by atoms with Crippen LogP contribution in [-0.4, -0.2) is 43.5 Å². The van der Waals surface area contributed by atoms with Crippen LogP contribution >= 0.6 is 0 Å². The Bertz CT molecular complexity index is 667. The Balaban J connectivity index is 1.83. The molecular formula is C18H24N2O3. The van der Waals surface area contributed by atoms with Crippen molar-refractivity contribution in [3.63, 3.8) is 0 Å². The van der Waals surface area contributed by atoms with Crippen LogP contribution in [0.4, 0.5) is 0 Å². The molecule has 0 aliphatic carbocycles. The largest absolute Gasteiger partial charge is 0.491 e. The maximum atomic E-state index is 5.95. The van der Waals surface area contributed by atoms with Crippen molar-refractivity contribution in [1.29, 1.82) is 0 Å². The monoisotopic (exact) mass is 316 g/mol. The second-order valence-corrected chi connectivity index (χ2v) is 6.16. The Hall–Kier alpha value is -1.85. The van der Waals surface area contributed by atoms with Gasteiger partial charge in [0, 0.05) is 18.1 Å². The molecule has 1 aromatic heterocycles. The molecule has 0 saturated carbocycles. The fourth-order valence-corrected chi connectivity index (χ4v) is 2.69. The van der Waals surface area contributed by atoms with Crippen LogP contribution in [0.2, 0.25) is 0 Å². The zero-order valence-corrected chi connectivity index (χ0v) is 14.0. The topological polar surface area (TPSA) is 52.6 Å². The van der Waals surface area contributed by atoms with Crippen molar-refractivity contribution in [3.8, 4) is 11.6 Å². The fraction of sp³-hybridized carbons (Fsp3) is 0.500. The smallest absolute Gasteiger partial charge is 0.221 e. The zero-order valence-electron chi connectivity index (χ0n) is 14.0. The molecule has 2 heterocycles. The molecule has 0 radical (unpaired) electrons. The summed E-state index contributed by atoms with van der Waals surface area (Å²) in [6, 6.07) is 6.34. The molecule has 5 heteroatoms. The summed E-state index contributed by atoms with van der Waals surface area (Å²) in [6.45, 7) is 8.95. The van der Waals surface area contributed by atoms with Gasteiger partial charge in [0.05, 0.1) is 25.4 Å². The van der Waals surface area contributed by atoms with Crippen molar-refractivity contribution < 1.29 is 14.2 Å². The standard InChI is InChI=1S/C18H24N2O3/c1-12(2)23-17-9-16-14(8-13(17)3)4-5-20-18(16)22-11-15-10-21-7-6-19-15/h4-5,8-9,12,15,19H,6-7,10-11H2,1-3H3. The highest BCUT2D eigenvalue weighted by atomic mass is 16.5. The Labute approximate surface area is 137 Å². The molecule has 0 bridgehead atoms. The summed E-state index contributed by atoms with van der Waals surface area (Å²) < 4.78 is 17.3. The van der Waals surface area contributed by atoms with E-state index in [0.29, 0.717) is 19.1 Å². The van der Waals surface area contributed by atoms with Crippen LogP contribution in [0, 0.1) is 6.92 Å². The maximum absolute atomic E-state index is 5.95. The number of hydrogen-bond donors (Lipinski definition) is 1. The van der Waals surface area contributed by atoms with Gasteiger partial charge in [-0.05, 0) is 49.9 Å². The lowest BCUT2D eigenvalue weighted by Gasteiger charge is -2.23. The summed E-state index contributed by atoms with van der Waals surface area (Å²) in [6.07, 6.45) is 1.92. The number of aryl methyl sites for hydroxylation is 1. The van der Waals surface area contributed by atoms with Crippen molar-refractivity contribution in [2.45, 2.75) is 32.9 Å². The van der Waals surface area contributed by atoms with Gasteiger partial charge in [0.2, 0.25) is 5.88 Å². The van der Waals surface area contributed by atoms with Gasteiger partial charge >= 0.3 is 0 Å². The quantitative estimate of drug-likeness (QED) is 0.919. The van der Waals surface area contributed by atoms with Gasteiger partial charge in [0.25, 0.3) is 0 Å². The van der Waals surface area contributed by atoms with Crippen LogP contribution < -0.4 is 14.8 Å². The van der Waals surface area contributed by atoms with Crippen LogP contribution in [0.3, 0.4) is 0 Å². The van der Waals surface area contributed by atoms with Crippen LogP contribution in [0.25, 0.3) is 10.8 Å². The number of ether oxygens (including phenoxy) is 3. The minimum absolute atomic E-state index is 0.135. The Morgan fingerprint density at radius 1 is 1.39 bits per heavy atom. The van der Waals surface area contributed by atoms with E-state index >= 15 is 0 Å². The van der Waals surface area contributed by atoms with E-state index in [1.165, 1.54) is 0 Å². The molecule has 1 atom stereocenters. The number of nitrogens with one attached hydrogen (secondary N) is 1. The number of hydrogen-bond acceptors (Lipinski definition) is 5. The highest BCUT2D eigenvalue weighted by Gasteiger charge is 2.15. The molecule has 1 aromatic carbocycles. The third kappa shape index (κ3) is 3.92. The van der Waals surface area contributed by atoms with Crippen molar-refractivity contribution in [1.82, 2.24) is 10.3 Å². The van der Waals surface area contributed by atoms with Crippen molar-refractivity contribution in [3.05, 3.63) is 30.0 Å². The van der Waals surface area contributed by atoms with Gasteiger partial charge in [-0.1, -0.05) is 0 Å². The number of fused-ring (bicyclic) bond motifs is 1. The Kier molecular flexibility index (Phi) is 4.98. The molecule has 1 fully saturated rings. The van der Waals surface area contributed by atoms with E-state index < -0.39 is 0 Å². The van der Waals surface area contributed by atoms with Crippen LogP contribution in [-0.2, 0) is 4.74 Å². The fourth-order valence-electron chi connectivity index (χ4n) is 2.69. The van der Waals surface area contributed by atoms with E-state index in [1.807, 2.05) is 26.0 Å². The Morgan fingerprint density at radius 3 is 3.00 bits per heavy atom. The lowest BCUT2D eigenvalue weighted by Crippen LogP contribution is -2.44. The minimum Gasteiger partial charge on any atom is -0.491 e. The summed E-state index contributed by atoms with van der Waals surface area (Å²) in [5, 5.41) is 5.47. The third-order valence-electron chi connectivity index (χ3n) is 3.81. The average molecular weight is 316 g/mol. The third-order valence-corrected chi connectivity index (χ3v) is 3.81. The molecule has 5 nitrogen and oxygen atoms in total. The van der Waals surface area contributed by atoms with E-state index in [2.05, 4.69) is 23.3 Å². The van der Waals surface area contributed by atoms with Crippen LogP contribution in [0.5, 0.6) is 11.6 Å². The number of morpholine rings is 1. The molecule has 1 aliphatic rings. The number of benzene rings is 1. The minimum atomic E-state index is 0.135. The normalized spacial score (nSPS) is 18.3. The first kappa shape index (κ1) is 16.0. The molecule has 0 spiro atoms. The average Bonchev–Trinajstić information content (AvgIpc) is 2.54. The molecule has 1 N–H and O–H groups in total. The van der Waals surface area contributed by atoms with Gasteiger partial charge in [-0.25, -0.2) is 4.98 Å². The van der Waals surface area contributed by atoms with Gasteiger partial charge in [-0.15, -0.1) is 0 Å². The molecule has 23 heavy (non-hydrogen) atoms. The highest BCUT2D eigenvalue weighted by molar-refractivity contribution is 5.88. The molecule has 0 amide bonds. The summed E-state index contributed by atoms with van der Waals surface area (Å²) in [7, 11) is 0. The van der Waals surface area contributed by atoms with Crippen LogP contribution in [0.1, 0.15) is 19.4 Å². The van der Waals surface area contributed by atoms with Crippen molar-refractivity contribution >= 4 is 10.8 Å². The number of nitrogens with zero attached hydrogens (tertiary/aromatic N) is 1. The molecule has 1 saturated heterocycles. The van der Waals surface area contributed by atoms with Crippen molar-refractivity contribution in [2.24, 2.45) is 0 Å². The van der Waals surface area contributed by atoms with E-state index in [-0.39, 0.29) is 12.1 Å². The molecule has 2 aromatic rings. The highest BCUT2D eigenvalue weighted by Crippen LogP contribution is 2.31. The molecular weight excluding hydrogens is 292 g/mol.